The first-order chi connectivity index (χ1) is 9.63. The number of ether oxygens (including phenoxy) is 2. The highest BCUT2D eigenvalue weighted by molar-refractivity contribution is 9.10. The molecule has 0 aliphatic heterocycles. The van der Waals surface area contributed by atoms with Crippen molar-refractivity contribution in [3.8, 4) is 5.75 Å². The van der Waals surface area contributed by atoms with Crippen molar-refractivity contribution in [2.45, 2.75) is 6.54 Å². The van der Waals surface area contributed by atoms with Crippen LogP contribution < -0.4 is 10.1 Å². The lowest BCUT2D eigenvalue weighted by Gasteiger charge is -2.10. The van der Waals surface area contributed by atoms with Crippen LogP contribution in [0.3, 0.4) is 0 Å². The average molecular weight is 340 g/mol. The summed E-state index contributed by atoms with van der Waals surface area (Å²) in [5.41, 5.74) is 1.23. The number of carbonyl (C=O) groups is 1. The topological polar surface area (TPSA) is 60.7 Å². The average Bonchev–Trinajstić information content (AvgIpc) is 2.93. The Kier molecular flexibility index (Phi) is 4.68. The summed E-state index contributed by atoms with van der Waals surface area (Å²) in [6.45, 7) is 0.434. The van der Waals surface area contributed by atoms with E-state index >= 15 is 0 Å². The number of benzene rings is 1. The van der Waals surface area contributed by atoms with Crippen molar-refractivity contribution in [2.75, 3.05) is 19.5 Å². The predicted molar refractivity (Wildman–Crippen MR) is 78.1 cm³/mol. The summed E-state index contributed by atoms with van der Waals surface area (Å²) in [4.78, 5) is 11.3. The molecule has 2 aromatic rings. The van der Waals surface area contributed by atoms with Gasteiger partial charge in [0.2, 0.25) is 0 Å². The molecule has 0 spiro atoms. The molecule has 0 saturated heterocycles. The van der Waals surface area contributed by atoms with E-state index in [1.165, 1.54) is 13.4 Å². The van der Waals surface area contributed by atoms with Crippen LogP contribution in [0.5, 0.6) is 5.75 Å². The Bertz CT molecular complexity index is 609. The summed E-state index contributed by atoms with van der Waals surface area (Å²) in [6.07, 6.45) is 1.38. The molecule has 1 N–H and O–H groups in total. The Labute approximate surface area is 125 Å². The Morgan fingerprint density at radius 1 is 1.35 bits per heavy atom. The standard InChI is InChI=1S/C14H14BrNO4/c1-18-13-4-3-10(15)6-12(13)16-7-11-5-9(8-20-11)14(17)19-2/h3-6,8,16H,7H2,1-2H3. The van der Waals surface area contributed by atoms with E-state index in [9.17, 15) is 4.79 Å². The van der Waals surface area contributed by atoms with E-state index in [4.69, 9.17) is 9.15 Å². The molecule has 0 unspecified atom stereocenters. The molecule has 2 rings (SSSR count). The molecule has 0 atom stereocenters. The van der Waals surface area contributed by atoms with Crippen LogP contribution in [0.2, 0.25) is 0 Å². The number of carbonyl (C=O) groups excluding carboxylic acids is 1. The van der Waals surface area contributed by atoms with Gasteiger partial charge >= 0.3 is 5.97 Å². The fourth-order valence-corrected chi connectivity index (χ4v) is 2.06. The molecule has 0 radical (unpaired) electrons. The molecule has 1 aromatic heterocycles. The normalized spacial score (nSPS) is 10.2. The first kappa shape index (κ1) is 14.5. The summed E-state index contributed by atoms with van der Waals surface area (Å²) >= 11 is 3.40. The molecule has 0 bridgehead atoms. The van der Waals surface area contributed by atoms with E-state index in [0.717, 1.165) is 15.9 Å². The molecule has 20 heavy (non-hydrogen) atoms. The minimum atomic E-state index is -0.417. The third-order valence-electron chi connectivity index (χ3n) is 2.69. The van der Waals surface area contributed by atoms with Crippen molar-refractivity contribution in [3.63, 3.8) is 0 Å². The number of rotatable bonds is 5. The van der Waals surface area contributed by atoms with E-state index in [-0.39, 0.29) is 0 Å². The van der Waals surface area contributed by atoms with E-state index in [1.54, 1.807) is 13.2 Å². The van der Waals surface area contributed by atoms with Gasteiger partial charge in [-0.1, -0.05) is 15.9 Å². The molecule has 6 heteroatoms. The van der Waals surface area contributed by atoms with Gasteiger partial charge in [0.05, 0.1) is 32.0 Å². The zero-order chi connectivity index (χ0) is 14.5. The third kappa shape index (κ3) is 3.33. The van der Waals surface area contributed by atoms with Crippen molar-refractivity contribution in [3.05, 3.63) is 46.3 Å². The van der Waals surface area contributed by atoms with Gasteiger partial charge in [0, 0.05) is 4.47 Å². The molecular formula is C14H14BrNO4. The van der Waals surface area contributed by atoms with E-state index in [0.29, 0.717) is 17.9 Å². The molecule has 0 aliphatic carbocycles. The maximum absolute atomic E-state index is 11.3. The number of nitrogens with one attached hydrogen (secondary N) is 1. The fraction of sp³-hybridized carbons (Fsp3) is 0.214. The number of halogens is 1. The number of methoxy groups -OCH3 is 2. The van der Waals surface area contributed by atoms with Crippen LogP contribution in [0.1, 0.15) is 16.1 Å². The third-order valence-corrected chi connectivity index (χ3v) is 3.18. The summed E-state index contributed by atoms with van der Waals surface area (Å²) in [5.74, 6) is 0.945. The molecular weight excluding hydrogens is 326 g/mol. The van der Waals surface area contributed by atoms with Crippen molar-refractivity contribution in [2.24, 2.45) is 0 Å². The molecule has 0 aliphatic rings. The molecule has 1 aromatic carbocycles. The summed E-state index contributed by atoms with van der Waals surface area (Å²) in [6, 6.07) is 7.30. The minimum absolute atomic E-state index is 0.394. The number of hydrogen-bond donors (Lipinski definition) is 1. The summed E-state index contributed by atoms with van der Waals surface area (Å²) in [5, 5.41) is 3.19. The number of anilines is 1. The maximum Gasteiger partial charge on any atom is 0.341 e. The van der Waals surface area contributed by atoms with Crippen LogP contribution in [0, 0.1) is 0 Å². The van der Waals surface area contributed by atoms with Gasteiger partial charge in [0.1, 0.15) is 17.8 Å². The van der Waals surface area contributed by atoms with Crippen molar-refractivity contribution >= 4 is 27.6 Å². The van der Waals surface area contributed by atoms with Gasteiger partial charge in [-0.15, -0.1) is 0 Å². The van der Waals surface area contributed by atoms with Crippen LogP contribution in [-0.2, 0) is 11.3 Å². The van der Waals surface area contributed by atoms with E-state index in [1.807, 2.05) is 18.2 Å². The van der Waals surface area contributed by atoms with Gasteiger partial charge in [-0.25, -0.2) is 4.79 Å². The number of furan rings is 1. The SMILES string of the molecule is COC(=O)c1coc(CNc2cc(Br)ccc2OC)c1. The van der Waals surface area contributed by atoms with Crippen LogP contribution in [-0.4, -0.2) is 20.2 Å². The quantitative estimate of drug-likeness (QED) is 0.845. The number of hydrogen-bond acceptors (Lipinski definition) is 5. The second kappa shape index (κ2) is 6.47. The van der Waals surface area contributed by atoms with Crippen molar-refractivity contribution in [1.29, 1.82) is 0 Å². The monoisotopic (exact) mass is 339 g/mol. The first-order valence-electron chi connectivity index (χ1n) is 5.87. The van der Waals surface area contributed by atoms with Crippen LogP contribution >= 0.6 is 15.9 Å². The molecule has 106 valence electrons. The highest BCUT2D eigenvalue weighted by Crippen LogP contribution is 2.28. The van der Waals surface area contributed by atoms with E-state index in [2.05, 4.69) is 26.0 Å². The Balaban J connectivity index is 2.07. The number of esters is 1. The summed E-state index contributed by atoms with van der Waals surface area (Å²) < 4.78 is 16.1. The highest BCUT2D eigenvalue weighted by Gasteiger charge is 2.10. The fourth-order valence-electron chi connectivity index (χ4n) is 1.70. The molecule has 5 nitrogen and oxygen atoms in total. The Hall–Kier alpha value is -1.95. The highest BCUT2D eigenvalue weighted by atomic mass is 79.9. The van der Waals surface area contributed by atoms with Crippen molar-refractivity contribution < 1.29 is 18.7 Å². The van der Waals surface area contributed by atoms with E-state index < -0.39 is 5.97 Å². The minimum Gasteiger partial charge on any atom is -0.495 e. The first-order valence-corrected chi connectivity index (χ1v) is 6.66. The molecule has 1 heterocycles. The largest absolute Gasteiger partial charge is 0.495 e. The molecule has 0 saturated carbocycles. The molecule has 0 fully saturated rings. The van der Waals surface area contributed by atoms with Gasteiger partial charge in [0.25, 0.3) is 0 Å². The molecule has 0 amide bonds. The smallest absolute Gasteiger partial charge is 0.341 e. The zero-order valence-corrected chi connectivity index (χ0v) is 12.7. The van der Waals surface area contributed by atoms with Gasteiger partial charge in [-0.05, 0) is 24.3 Å². The van der Waals surface area contributed by atoms with Crippen molar-refractivity contribution in [1.82, 2.24) is 0 Å². The van der Waals surface area contributed by atoms with Gasteiger partial charge in [0.15, 0.2) is 0 Å². The van der Waals surface area contributed by atoms with Crippen LogP contribution in [0.4, 0.5) is 5.69 Å². The van der Waals surface area contributed by atoms with Gasteiger partial charge in [-0.3, -0.25) is 0 Å². The summed E-state index contributed by atoms with van der Waals surface area (Å²) in [7, 11) is 2.94. The lowest BCUT2D eigenvalue weighted by Crippen LogP contribution is -2.01. The Morgan fingerprint density at radius 3 is 2.85 bits per heavy atom. The predicted octanol–water partition coefficient (Wildman–Crippen LogP) is 3.45. The zero-order valence-electron chi connectivity index (χ0n) is 11.1. The lowest BCUT2D eigenvalue weighted by atomic mass is 10.2. The Morgan fingerprint density at radius 2 is 2.15 bits per heavy atom. The maximum atomic E-state index is 11.3. The second-order valence-electron chi connectivity index (χ2n) is 3.99. The van der Waals surface area contributed by atoms with Gasteiger partial charge < -0.3 is 19.2 Å². The second-order valence-corrected chi connectivity index (χ2v) is 4.91. The van der Waals surface area contributed by atoms with Crippen LogP contribution in [0.15, 0.2) is 39.4 Å². The van der Waals surface area contributed by atoms with Gasteiger partial charge in [-0.2, -0.15) is 0 Å². The van der Waals surface area contributed by atoms with Crippen LogP contribution in [0.25, 0.3) is 0 Å². The lowest BCUT2D eigenvalue weighted by molar-refractivity contribution is 0.0600.